The molecule has 2 aromatic carbocycles. The van der Waals surface area contributed by atoms with Crippen LogP contribution >= 0.6 is 11.8 Å². The fraction of sp³-hybridized carbons (Fsp3) is 0.250. The smallest absolute Gasteiger partial charge is 0.307 e. The third-order valence-corrected chi connectivity index (χ3v) is 5.05. The van der Waals surface area contributed by atoms with Crippen LogP contribution in [0, 0.1) is 0 Å². The Balaban J connectivity index is 2.19. The molecule has 0 aliphatic heterocycles. The third-order valence-electron chi connectivity index (χ3n) is 4.30. The quantitative estimate of drug-likeness (QED) is 0.620. The van der Waals surface area contributed by atoms with Gasteiger partial charge in [-0.25, -0.2) is 0 Å². The number of carboxylic acids is 1. The number of fused-ring (bicyclic) bond motifs is 1. The summed E-state index contributed by atoms with van der Waals surface area (Å²) in [4.78, 5) is 16.0. The third kappa shape index (κ3) is 3.20. The Kier molecular flexibility index (Phi) is 4.67. The summed E-state index contributed by atoms with van der Waals surface area (Å²) in [5.41, 5.74) is 4.99. The average molecular weight is 339 g/mol. The van der Waals surface area contributed by atoms with Crippen molar-refractivity contribution in [3.63, 3.8) is 0 Å². The van der Waals surface area contributed by atoms with Gasteiger partial charge in [0.1, 0.15) is 0 Å². The minimum atomic E-state index is -0.812. The number of nitrogens with one attached hydrogen (secondary N) is 1. The second kappa shape index (κ2) is 6.73. The van der Waals surface area contributed by atoms with Crippen LogP contribution in [0.1, 0.15) is 30.9 Å². The van der Waals surface area contributed by atoms with E-state index >= 15 is 0 Å². The summed E-state index contributed by atoms with van der Waals surface area (Å²) in [6, 6.07) is 14.5. The number of H-pyrrole nitrogens is 1. The predicted octanol–water partition coefficient (Wildman–Crippen LogP) is 5.31. The lowest BCUT2D eigenvalue weighted by Gasteiger charge is -2.06. The van der Waals surface area contributed by atoms with Gasteiger partial charge in [0.25, 0.3) is 0 Å². The fourth-order valence-corrected chi connectivity index (χ4v) is 3.37. The highest BCUT2D eigenvalue weighted by Gasteiger charge is 2.16. The Labute approximate surface area is 146 Å². The Bertz CT molecular complexity index is 879. The van der Waals surface area contributed by atoms with Gasteiger partial charge in [0.05, 0.1) is 12.1 Å². The van der Waals surface area contributed by atoms with Crippen LogP contribution < -0.4 is 0 Å². The summed E-state index contributed by atoms with van der Waals surface area (Å²) in [5.74, 6) is -0.404. The van der Waals surface area contributed by atoms with Gasteiger partial charge < -0.3 is 10.1 Å². The highest BCUT2D eigenvalue weighted by Crippen LogP contribution is 2.33. The van der Waals surface area contributed by atoms with Crippen molar-refractivity contribution in [3.05, 3.63) is 53.6 Å². The van der Waals surface area contributed by atoms with Crippen LogP contribution in [-0.4, -0.2) is 22.3 Å². The highest BCUT2D eigenvalue weighted by molar-refractivity contribution is 7.98. The number of aromatic nitrogens is 1. The topological polar surface area (TPSA) is 53.1 Å². The lowest BCUT2D eigenvalue weighted by Crippen LogP contribution is -2.01. The number of rotatable bonds is 5. The van der Waals surface area contributed by atoms with Crippen molar-refractivity contribution < 1.29 is 9.90 Å². The van der Waals surface area contributed by atoms with Gasteiger partial charge >= 0.3 is 5.97 Å². The molecule has 3 rings (SSSR count). The molecule has 0 aliphatic rings. The first kappa shape index (κ1) is 16.7. The molecule has 3 nitrogen and oxygen atoms in total. The maximum Gasteiger partial charge on any atom is 0.307 e. The minimum absolute atomic E-state index is 0.0150. The largest absolute Gasteiger partial charge is 0.481 e. The monoisotopic (exact) mass is 339 g/mol. The molecule has 24 heavy (non-hydrogen) atoms. The molecule has 0 saturated carbocycles. The van der Waals surface area contributed by atoms with Gasteiger partial charge in [0.2, 0.25) is 0 Å². The molecule has 0 spiro atoms. The molecule has 1 heterocycles. The van der Waals surface area contributed by atoms with Gasteiger partial charge in [-0.3, -0.25) is 4.79 Å². The lowest BCUT2D eigenvalue weighted by molar-refractivity contribution is -0.136. The van der Waals surface area contributed by atoms with Crippen LogP contribution in [0.25, 0.3) is 22.2 Å². The molecule has 124 valence electrons. The molecule has 0 radical (unpaired) electrons. The van der Waals surface area contributed by atoms with Crippen LogP contribution in [0.3, 0.4) is 0 Å². The molecule has 0 atom stereocenters. The Morgan fingerprint density at radius 3 is 2.46 bits per heavy atom. The maximum absolute atomic E-state index is 11.4. The zero-order valence-electron chi connectivity index (χ0n) is 14.1. The van der Waals surface area contributed by atoms with Crippen LogP contribution in [-0.2, 0) is 11.2 Å². The summed E-state index contributed by atoms with van der Waals surface area (Å²) >= 11 is 1.69. The molecule has 1 aromatic heterocycles. The number of aromatic amines is 1. The van der Waals surface area contributed by atoms with E-state index in [1.165, 1.54) is 10.5 Å². The van der Waals surface area contributed by atoms with Crippen molar-refractivity contribution in [3.8, 4) is 11.3 Å². The molecule has 2 N–H and O–H groups in total. The molecule has 4 heteroatoms. The van der Waals surface area contributed by atoms with Crippen molar-refractivity contribution >= 4 is 28.6 Å². The van der Waals surface area contributed by atoms with E-state index in [-0.39, 0.29) is 6.42 Å². The molecular formula is C20H21NO2S. The first-order chi connectivity index (χ1) is 11.5. The van der Waals surface area contributed by atoms with E-state index in [2.05, 4.69) is 49.2 Å². The molecular weight excluding hydrogens is 318 g/mol. The summed E-state index contributed by atoms with van der Waals surface area (Å²) in [5, 5.41) is 10.4. The minimum Gasteiger partial charge on any atom is -0.481 e. The molecule has 0 fully saturated rings. The maximum atomic E-state index is 11.4. The van der Waals surface area contributed by atoms with Gasteiger partial charge in [-0.2, -0.15) is 0 Å². The predicted molar refractivity (Wildman–Crippen MR) is 101 cm³/mol. The number of hydrogen-bond acceptors (Lipinski definition) is 2. The number of carboxylic acid groups (broad SMARTS) is 1. The SMILES string of the molecule is CSc1ccc(-c2[nH]c3ccc(C(C)C)cc3c2CC(=O)O)cc1. The normalized spacial score (nSPS) is 11.3. The Hall–Kier alpha value is -2.20. The first-order valence-electron chi connectivity index (χ1n) is 8.00. The summed E-state index contributed by atoms with van der Waals surface area (Å²) in [6.07, 6.45) is 2.06. The zero-order chi connectivity index (χ0) is 17.3. The number of aliphatic carboxylic acids is 1. The van der Waals surface area contributed by atoms with Gasteiger partial charge in [-0.05, 0) is 53.1 Å². The fourth-order valence-electron chi connectivity index (χ4n) is 2.96. The van der Waals surface area contributed by atoms with Crippen molar-refractivity contribution in [2.24, 2.45) is 0 Å². The molecule has 0 unspecified atom stereocenters. The highest BCUT2D eigenvalue weighted by atomic mass is 32.2. The lowest BCUT2D eigenvalue weighted by atomic mass is 9.98. The Morgan fingerprint density at radius 1 is 1.17 bits per heavy atom. The van der Waals surface area contributed by atoms with Crippen molar-refractivity contribution in [1.82, 2.24) is 4.98 Å². The summed E-state index contributed by atoms with van der Waals surface area (Å²) < 4.78 is 0. The molecule has 0 amide bonds. The number of hydrogen-bond donors (Lipinski definition) is 2. The zero-order valence-corrected chi connectivity index (χ0v) is 14.9. The molecule has 0 bridgehead atoms. The number of carbonyl (C=O) groups is 1. The molecule has 3 aromatic rings. The van der Waals surface area contributed by atoms with Crippen molar-refractivity contribution in [2.75, 3.05) is 6.26 Å². The average Bonchev–Trinajstić information content (AvgIpc) is 2.92. The van der Waals surface area contributed by atoms with E-state index in [0.29, 0.717) is 5.92 Å². The number of thioether (sulfide) groups is 1. The van der Waals surface area contributed by atoms with E-state index < -0.39 is 5.97 Å². The summed E-state index contributed by atoms with van der Waals surface area (Å²) in [7, 11) is 0. The van der Waals surface area contributed by atoms with Gasteiger partial charge in [-0.1, -0.05) is 32.0 Å². The molecule has 0 saturated heterocycles. The van der Waals surface area contributed by atoms with Crippen molar-refractivity contribution in [2.45, 2.75) is 31.1 Å². The van der Waals surface area contributed by atoms with E-state index in [0.717, 1.165) is 27.7 Å². The van der Waals surface area contributed by atoms with E-state index in [4.69, 9.17) is 0 Å². The van der Waals surface area contributed by atoms with E-state index in [9.17, 15) is 9.90 Å². The Morgan fingerprint density at radius 2 is 1.88 bits per heavy atom. The van der Waals surface area contributed by atoms with Crippen molar-refractivity contribution in [1.29, 1.82) is 0 Å². The first-order valence-corrected chi connectivity index (χ1v) is 9.22. The second-order valence-corrected chi connectivity index (χ2v) is 7.12. The molecule has 0 aliphatic carbocycles. The van der Waals surface area contributed by atoms with Crippen LogP contribution in [0.4, 0.5) is 0 Å². The standard InChI is InChI=1S/C20H21NO2S/c1-12(2)14-6-9-18-16(10-14)17(11-19(22)23)20(21-18)13-4-7-15(24-3)8-5-13/h4-10,12,21H,11H2,1-3H3,(H,22,23). The second-order valence-electron chi connectivity index (χ2n) is 6.24. The van der Waals surface area contributed by atoms with E-state index in [1.807, 2.05) is 18.4 Å². The van der Waals surface area contributed by atoms with Gasteiger partial charge in [0.15, 0.2) is 0 Å². The van der Waals surface area contributed by atoms with E-state index in [1.54, 1.807) is 11.8 Å². The summed E-state index contributed by atoms with van der Waals surface area (Å²) in [6.45, 7) is 4.29. The number of benzene rings is 2. The van der Waals surface area contributed by atoms with Gasteiger partial charge in [-0.15, -0.1) is 11.8 Å². The van der Waals surface area contributed by atoms with Crippen LogP contribution in [0.15, 0.2) is 47.4 Å². The van der Waals surface area contributed by atoms with Crippen LogP contribution in [0.2, 0.25) is 0 Å². The van der Waals surface area contributed by atoms with Gasteiger partial charge in [0, 0.05) is 15.8 Å². The van der Waals surface area contributed by atoms with Crippen LogP contribution in [0.5, 0.6) is 0 Å².